The fourth-order valence-corrected chi connectivity index (χ4v) is 4.44. The lowest BCUT2D eigenvalue weighted by Gasteiger charge is -2.26. The molecular formula is C20H24ClNO5S. The molecule has 2 aromatic carbocycles. The largest absolute Gasteiger partial charge is 0.379 e. The van der Waals surface area contributed by atoms with Crippen LogP contribution in [0.2, 0.25) is 5.02 Å². The van der Waals surface area contributed by atoms with E-state index in [1.165, 1.54) is 13.2 Å². The molecule has 152 valence electrons. The molecule has 0 aliphatic rings. The molecule has 2 aromatic rings. The Bertz CT molecular complexity index is 906. The van der Waals surface area contributed by atoms with Crippen LogP contribution in [-0.2, 0) is 26.2 Å². The highest BCUT2D eigenvalue weighted by atomic mass is 35.5. The summed E-state index contributed by atoms with van der Waals surface area (Å²) in [5, 5.41) is 0.112. The van der Waals surface area contributed by atoms with Gasteiger partial charge in [0.2, 0.25) is 5.91 Å². The summed E-state index contributed by atoms with van der Waals surface area (Å²) in [5.74, 6) is 0.0528. The fraction of sp³-hybridized carbons (Fsp3) is 0.350. The zero-order valence-electron chi connectivity index (χ0n) is 16.3. The Balaban J connectivity index is 2.17. The Kier molecular flexibility index (Phi) is 7.46. The molecule has 0 aromatic heterocycles. The molecule has 0 saturated carbocycles. The van der Waals surface area contributed by atoms with E-state index in [4.69, 9.17) is 20.5 Å². The quantitative estimate of drug-likeness (QED) is 0.601. The summed E-state index contributed by atoms with van der Waals surface area (Å²) in [6.45, 7) is 5.89. The van der Waals surface area contributed by atoms with Crippen LogP contribution in [0.3, 0.4) is 0 Å². The minimum absolute atomic E-state index is 0.00199. The van der Waals surface area contributed by atoms with Crippen molar-refractivity contribution in [1.82, 2.24) is 4.90 Å². The van der Waals surface area contributed by atoms with Gasteiger partial charge in [0.05, 0.1) is 5.02 Å². The van der Waals surface area contributed by atoms with E-state index in [0.29, 0.717) is 12.1 Å². The van der Waals surface area contributed by atoms with E-state index in [1.807, 2.05) is 13.8 Å². The van der Waals surface area contributed by atoms with Gasteiger partial charge in [0, 0.05) is 19.7 Å². The van der Waals surface area contributed by atoms with Gasteiger partial charge in [-0.1, -0.05) is 35.9 Å². The lowest BCUT2D eigenvalue weighted by molar-refractivity contribution is -0.137. The third kappa shape index (κ3) is 5.47. The number of carbonyl (C=O) groups excluding carboxylic acids is 1. The molecule has 2 rings (SSSR count). The van der Waals surface area contributed by atoms with Gasteiger partial charge in [-0.2, -0.15) is 8.42 Å². The highest BCUT2D eigenvalue weighted by molar-refractivity contribution is 7.87. The van der Waals surface area contributed by atoms with E-state index in [9.17, 15) is 13.2 Å². The molecule has 0 spiro atoms. The smallest absolute Gasteiger partial charge is 0.340 e. The second kappa shape index (κ2) is 9.41. The molecular weight excluding hydrogens is 402 g/mol. The Labute approximate surface area is 171 Å². The summed E-state index contributed by atoms with van der Waals surface area (Å²) >= 11 is 6.04. The van der Waals surface area contributed by atoms with Crippen molar-refractivity contribution in [3.05, 3.63) is 58.6 Å². The van der Waals surface area contributed by atoms with Gasteiger partial charge in [0.1, 0.15) is 17.3 Å². The maximum absolute atomic E-state index is 12.6. The van der Waals surface area contributed by atoms with Crippen LogP contribution in [0.25, 0.3) is 0 Å². The summed E-state index contributed by atoms with van der Waals surface area (Å²) in [5.41, 5.74) is 1.35. The van der Waals surface area contributed by atoms with Gasteiger partial charge in [-0.25, -0.2) is 0 Å². The van der Waals surface area contributed by atoms with Crippen LogP contribution in [0, 0.1) is 6.92 Å². The highest BCUT2D eigenvalue weighted by Crippen LogP contribution is 2.28. The molecule has 0 unspecified atom stereocenters. The number of halogens is 1. The first-order chi connectivity index (χ1) is 13.2. The summed E-state index contributed by atoms with van der Waals surface area (Å²) in [6.07, 6.45) is 0. The number of nitrogens with zero attached hydrogens (tertiary/aromatic N) is 1. The van der Waals surface area contributed by atoms with Crippen molar-refractivity contribution >= 4 is 27.6 Å². The first kappa shape index (κ1) is 22.2. The van der Waals surface area contributed by atoms with Crippen molar-refractivity contribution in [3.8, 4) is 5.75 Å². The zero-order valence-corrected chi connectivity index (χ0v) is 17.9. The van der Waals surface area contributed by atoms with Crippen molar-refractivity contribution < 1.29 is 22.1 Å². The summed E-state index contributed by atoms with van der Waals surface area (Å²) < 4.78 is 35.3. The Morgan fingerprint density at radius 1 is 1.14 bits per heavy atom. The summed E-state index contributed by atoms with van der Waals surface area (Å²) in [7, 11) is -2.58. The van der Waals surface area contributed by atoms with Crippen molar-refractivity contribution in [1.29, 1.82) is 0 Å². The van der Waals surface area contributed by atoms with E-state index in [0.717, 1.165) is 5.56 Å². The van der Waals surface area contributed by atoms with E-state index in [1.54, 1.807) is 48.2 Å². The molecule has 0 fully saturated rings. The molecule has 0 radical (unpaired) electrons. The van der Waals surface area contributed by atoms with Gasteiger partial charge < -0.3 is 13.8 Å². The molecule has 0 heterocycles. The molecule has 0 atom stereocenters. The van der Waals surface area contributed by atoms with Crippen LogP contribution < -0.4 is 4.18 Å². The second-order valence-electron chi connectivity index (χ2n) is 6.62. The van der Waals surface area contributed by atoms with Crippen LogP contribution in [0.5, 0.6) is 5.75 Å². The number of hydrogen-bond acceptors (Lipinski definition) is 5. The third-order valence-corrected chi connectivity index (χ3v) is 5.99. The first-order valence-electron chi connectivity index (χ1n) is 8.72. The average molecular weight is 426 g/mol. The number of benzene rings is 2. The number of rotatable bonds is 8. The van der Waals surface area contributed by atoms with Gasteiger partial charge in [0.25, 0.3) is 0 Å². The monoisotopic (exact) mass is 425 g/mol. The van der Waals surface area contributed by atoms with E-state index in [2.05, 4.69) is 0 Å². The molecule has 1 amide bonds. The predicted octanol–water partition coefficient (Wildman–Crippen LogP) is 3.80. The molecule has 0 aliphatic heterocycles. The lowest BCUT2D eigenvalue weighted by Crippen LogP contribution is -2.38. The SMILES string of the molecule is COCC(=O)N(Cc1ccc(OS(=O)(=O)c2c(C)cccc2Cl)cc1)C(C)C. The van der Waals surface area contributed by atoms with Gasteiger partial charge in [-0.15, -0.1) is 0 Å². The average Bonchev–Trinajstić information content (AvgIpc) is 2.60. The Morgan fingerprint density at radius 2 is 1.79 bits per heavy atom. The molecule has 8 heteroatoms. The molecule has 0 N–H and O–H groups in total. The maximum Gasteiger partial charge on any atom is 0.340 e. The van der Waals surface area contributed by atoms with Crippen LogP contribution in [0.4, 0.5) is 0 Å². The fourth-order valence-electron chi connectivity index (χ4n) is 2.71. The highest BCUT2D eigenvalue weighted by Gasteiger charge is 2.23. The van der Waals surface area contributed by atoms with E-state index in [-0.39, 0.29) is 34.2 Å². The minimum Gasteiger partial charge on any atom is -0.379 e. The number of methoxy groups -OCH3 is 1. The normalized spacial score (nSPS) is 11.5. The van der Waals surface area contributed by atoms with Crippen molar-refractivity contribution in [3.63, 3.8) is 0 Å². The van der Waals surface area contributed by atoms with Crippen molar-refractivity contribution in [2.24, 2.45) is 0 Å². The van der Waals surface area contributed by atoms with Crippen LogP contribution in [0.15, 0.2) is 47.4 Å². The number of amides is 1. The molecule has 0 bridgehead atoms. The van der Waals surface area contributed by atoms with Gasteiger partial charge in [-0.3, -0.25) is 4.79 Å². The van der Waals surface area contributed by atoms with Gasteiger partial charge in [0.15, 0.2) is 0 Å². The summed E-state index contributed by atoms with van der Waals surface area (Å²) in [6, 6.07) is 11.4. The Morgan fingerprint density at radius 3 is 2.32 bits per heavy atom. The van der Waals surface area contributed by atoms with E-state index >= 15 is 0 Å². The summed E-state index contributed by atoms with van der Waals surface area (Å²) in [4.78, 5) is 13.8. The number of hydrogen-bond donors (Lipinski definition) is 0. The standard InChI is InChI=1S/C20H24ClNO5S/c1-14(2)22(19(23)13-26-4)12-16-8-10-17(11-9-16)27-28(24,25)20-15(3)6-5-7-18(20)21/h5-11,14H,12-13H2,1-4H3. The number of aryl methyl sites for hydroxylation is 1. The second-order valence-corrected chi connectivity index (χ2v) is 8.51. The maximum atomic E-state index is 12.6. The number of carbonyl (C=O) groups is 1. The number of ether oxygens (including phenoxy) is 1. The lowest BCUT2D eigenvalue weighted by atomic mass is 10.2. The predicted molar refractivity (Wildman–Crippen MR) is 108 cm³/mol. The topological polar surface area (TPSA) is 72.9 Å². The van der Waals surface area contributed by atoms with Crippen LogP contribution >= 0.6 is 11.6 Å². The van der Waals surface area contributed by atoms with Crippen LogP contribution in [-0.4, -0.2) is 39.0 Å². The molecule has 28 heavy (non-hydrogen) atoms. The minimum atomic E-state index is -4.06. The zero-order chi connectivity index (χ0) is 20.9. The molecule has 6 nitrogen and oxygen atoms in total. The van der Waals surface area contributed by atoms with Crippen molar-refractivity contribution in [2.75, 3.05) is 13.7 Å². The molecule has 0 saturated heterocycles. The Hall–Kier alpha value is -2.09. The van der Waals surface area contributed by atoms with Gasteiger partial charge >= 0.3 is 10.1 Å². The third-order valence-electron chi connectivity index (χ3n) is 4.11. The van der Waals surface area contributed by atoms with Gasteiger partial charge in [-0.05, 0) is 50.1 Å². The van der Waals surface area contributed by atoms with Crippen molar-refractivity contribution in [2.45, 2.75) is 38.3 Å². The first-order valence-corrected chi connectivity index (χ1v) is 10.5. The molecule has 0 aliphatic carbocycles. The van der Waals surface area contributed by atoms with E-state index < -0.39 is 10.1 Å². The van der Waals surface area contributed by atoms with Crippen LogP contribution in [0.1, 0.15) is 25.0 Å².